The molecule has 0 bridgehead atoms. The number of carbonyl (C=O) groups is 2. The van der Waals surface area contributed by atoms with Crippen molar-refractivity contribution < 1.29 is 9.59 Å². The van der Waals surface area contributed by atoms with Gasteiger partial charge in [-0.15, -0.1) is 0 Å². The minimum Gasteiger partial charge on any atom is -0.326 e. The molecule has 0 aromatic heterocycles. The van der Waals surface area contributed by atoms with E-state index in [0.29, 0.717) is 12.0 Å². The Morgan fingerprint density at radius 2 is 1.86 bits per heavy atom. The van der Waals surface area contributed by atoms with Crippen molar-refractivity contribution in [1.82, 2.24) is 5.32 Å². The Hall–Kier alpha value is -2.66. The van der Waals surface area contributed by atoms with Crippen LogP contribution in [0.5, 0.6) is 0 Å². The smallest absolute Gasteiger partial charge is 0.255 e. The minimum atomic E-state index is -0.159. The molecule has 22 heavy (non-hydrogen) atoms. The Morgan fingerprint density at radius 3 is 2.77 bits per heavy atom. The highest BCUT2D eigenvalue weighted by Crippen LogP contribution is 2.25. The molecule has 2 aliphatic heterocycles. The number of hydrogen-bond acceptors (Lipinski definition) is 3. The number of rotatable bonds is 2. The Bertz CT molecular complexity index is 798. The van der Waals surface area contributed by atoms with Crippen LogP contribution in [0.1, 0.15) is 27.0 Å². The lowest BCUT2D eigenvalue weighted by molar-refractivity contribution is -0.115. The van der Waals surface area contributed by atoms with Gasteiger partial charge < -0.3 is 16.0 Å². The average Bonchev–Trinajstić information content (AvgIpc) is 3.10. The lowest BCUT2D eigenvalue weighted by atomic mass is 10.1. The highest BCUT2D eigenvalue weighted by molar-refractivity contribution is 6.06. The third-order valence-corrected chi connectivity index (χ3v) is 4.09. The molecule has 4 rings (SSSR count). The van der Waals surface area contributed by atoms with E-state index in [1.54, 1.807) is 18.2 Å². The van der Waals surface area contributed by atoms with Crippen LogP contribution in [0.3, 0.4) is 0 Å². The lowest BCUT2D eigenvalue weighted by Gasteiger charge is -2.08. The van der Waals surface area contributed by atoms with E-state index >= 15 is 0 Å². The molecule has 2 heterocycles. The summed E-state index contributed by atoms with van der Waals surface area (Å²) in [6.45, 7) is 1.72. The summed E-state index contributed by atoms with van der Waals surface area (Å²) in [6.07, 6.45) is 0.334. The molecule has 0 saturated carbocycles. The molecular weight excluding hydrogens is 278 g/mol. The zero-order valence-electron chi connectivity index (χ0n) is 11.9. The molecular formula is C17H15N3O2. The molecule has 2 amide bonds. The fourth-order valence-corrected chi connectivity index (χ4v) is 2.95. The molecule has 0 saturated heterocycles. The van der Waals surface area contributed by atoms with Gasteiger partial charge in [-0.05, 0) is 47.0 Å². The first-order valence-corrected chi connectivity index (χ1v) is 7.26. The maximum Gasteiger partial charge on any atom is 0.255 e. The van der Waals surface area contributed by atoms with Gasteiger partial charge in [0.25, 0.3) is 5.91 Å². The Kier molecular flexibility index (Phi) is 2.94. The molecule has 5 heteroatoms. The van der Waals surface area contributed by atoms with E-state index in [1.807, 2.05) is 18.2 Å². The van der Waals surface area contributed by atoms with E-state index in [-0.39, 0.29) is 11.8 Å². The van der Waals surface area contributed by atoms with Crippen molar-refractivity contribution in [2.45, 2.75) is 19.5 Å². The molecule has 2 aliphatic rings. The second kappa shape index (κ2) is 4.96. The zero-order chi connectivity index (χ0) is 15.1. The molecule has 0 atom stereocenters. The van der Waals surface area contributed by atoms with Crippen molar-refractivity contribution in [1.29, 1.82) is 0 Å². The van der Waals surface area contributed by atoms with Crippen LogP contribution >= 0.6 is 0 Å². The molecule has 2 aromatic rings. The quantitative estimate of drug-likeness (QED) is 0.793. The highest BCUT2D eigenvalue weighted by atomic mass is 16.2. The predicted octanol–water partition coefficient (Wildman–Crippen LogP) is 2.04. The van der Waals surface area contributed by atoms with Crippen molar-refractivity contribution in [3.05, 3.63) is 58.7 Å². The Morgan fingerprint density at radius 1 is 1.00 bits per heavy atom. The number of benzene rings is 2. The summed E-state index contributed by atoms with van der Waals surface area (Å²) in [5.74, 6) is -0.188. The molecule has 5 nitrogen and oxygen atoms in total. The van der Waals surface area contributed by atoms with Crippen molar-refractivity contribution in [2.24, 2.45) is 0 Å². The summed E-state index contributed by atoms with van der Waals surface area (Å²) in [4.78, 5) is 23.7. The molecule has 110 valence electrons. The fourth-order valence-electron chi connectivity index (χ4n) is 2.95. The van der Waals surface area contributed by atoms with Gasteiger partial charge in [0.15, 0.2) is 0 Å². The van der Waals surface area contributed by atoms with E-state index in [4.69, 9.17) is 0 Å². The average molecular weight is 293 g/mol. The van der Waals surface area contributed by atoms with Crippen LogP contribution in [0.25, 0.3) is 0 Å². The number of nitrogens with one attached hydrogen (secondary N) is 3. The molecule has 0 aliphatic carbocycles. The fraction of sp³-hybridized carbons (Fsp3) is 0.176. The van der Waals surface area contributed by atoms with Gasteiger partial charge in [-0.1, -0.05) is 6.07 Å². The number of hydrogen-bond donors (Lipinski definition) is 3. The van der Waals surface area contributed by atoms with Crippen LogP contribution in [0, 0.1) is 0 Å². The molecule has 0 fully saturated rings. The van der Waals surface area contributed by atoms with Crippen LogP contribution in [0.15, 0.2) is 36.4 Å². The molecule has 3 N–H and O–H groups in total. The van der Waals surface area contributed by atoms with Gasteiger partial charge in [0.1, 0.15) is 0 Å². The topological polar surface area (TPSA) is 70.2 Å². The maximum absolute atomic E-state index is 12.4. The first-order chi connectivity index (χ1) is 10.7. The van der Waals surface area contributed by atoms with Gasteiger partial charge in [-0.2, -0.15) is 0 Å². The van der Waals surface area contributed by atoms with Gasteiger partial charge in [-0.3, -0.25) is 9.59 Å². The van der Waals surface area contributed by atoms with E-state index in [9.17, 15) is 9.59 Å². The standard InChI is InChI=1S/C17H15N3O2/c21-16-7-12-5-10(2-4-15(12)20-16)17(22)19-14-3-1-11-8-18-9-13(11)6-14/h1-6,18H,7-9H2,(H,19,22)(H,20,21). The molecule has 0 unspecified atom stereocenters. The van der Waals surface area contributed by atoms with Crippen LogP contribution < -0.4 is 16.0 Å². The third kappa shape index (κ3) is 2.25. The Labute approximate surface area is 127 Å². The molecule has 2 aromatic carbocycles. The number of carbonyl (C=O) groups excluding carboxylic acids is 2. The van der Waals surface area contributed by atoms with Crippen LogP contribution in [0.2, 0.25) is 0 Å². The van der Waals surface area contributed by atoms with E-state index in [0.717, 1.165) is 30.0 Å². The first kappa shape index (κ1) is 13.0. The third-order valence-electron chi connectivity index (χ3n) is 4.09. The maximum atomic E-state index is 12.4. The summed E-state index contributed by atoms with van der Waals surface area (Å²) in [6, 6.07) is 11.2. The normalized spacial score (nSPS) is 15.2. The summed E-state index contributed by atoms with van der Waals surface area (Å²) >= 11 is 0. The van der Waals surface area contributed by atoms with Crippen LogP contribution in [0.4, 0.5) is 11.4 Å². The van der Waals surface area contributed by atoms with Crippen molar-refractivity contribution >= 4 is 23.2 Å². The highest BCUT2D eigenvalue weighted by Gasteiger charge is 2.19. The molecule has 0 radical (unpaired) electrons. The second-order valence-electron chi connectivity index (χ2n) is 5.64. The second-order valence-corrected chi connectivity index (χ2v) is 5.64. The summed E-state index contributed by atoms with van der Waals surface area (Å²) in [7, 11) is 0. The Balaban J connectivity index is 1.55. The lowest BCUT2D eigenvalue weighted by Crippen LogP contribution is -2.12. The zero-order valence-corrected chi connectivity index (χ0v) is 11.9. The van der Waals surface area contributed by atoms with Crippen molar-refractivity contribution in [2.75, 3.05) is 10.6 Å². The number of fused-ring (bicyclic) bond motifs is 2. The SMILES string of the molecule is O=C1Cc2cc(C(=O)Nc3ccc4c(c3)CNC4)ccc2N1. The minimum absolute atomic E-state index is 0.0290. The largest absolute Gasteiger partial charge is 0.326 e. The predicted molar refractivity (Wildman–Crippen MR) is 83.7 cm³/mol. The van der Waals surface area contributed by atoms with Crippen LogP contribution in [-0.2, 0) is 24.3 Å². The van der Waals surface area contributed by atoms with Gasteiger partial charge in [0, 0.05) is 30.0 Å². The van der Waals surface area contributed by atoms with Crippen LogP contribution in [-0.4, -0.2) is 11.8 Å². The van der Waals surface area contributed by atoms with Gasteiger partial charge in [0.2, 0.25) is 5.91 Å². The van der Waals surface area contributed by atoms with E-state index in [2.05, 4.69) is 16.0 Å². The number of anilines is 2. The monoisotopic (exact) mass is 293 g/mol. The van der Waals surface area contributed by atoms with Gasteiger partial charge in [-0.25, -0.2) is 0 Å². The van der Waals surface area contributed by atoms with Gasteiger partial charge >= 0.3 is 0 Å². The van der Waals surface area contributed by atoms with E-state index in [1.165, 1.54) is 11.1 Å². The first-order valence-electron chi connectivity index (χ1n) is 7.26. The summed E-state index contributed by atoms with van der Waals surface area (Å²) in [5, 5.41) is 8.96. The summed E-state index contributed by atoms with van der Waals surface area (Å²) < 4.78 is 0. The summed E-state index contributed by atoms with van der Waals surface area (Å²) in [5.41, 5.74) is 5.53. The van der Waals surface area contributed by atoms with E-state index < -0.39 is 0 Å². The molecule has 0 spiro atoms. The van der Waals surface area contributed by atoms with Crippen molar-refractivity contribution in [3.8, 4) is 0 Å². The van der Waals surface area contributed by atoms with Crippen molar-refractivity contribution in [3.63, 3.8) is 0 Å². The van der Waals surface area contributed by atoms with Gasteiger partial charge in [0.05, 0.1) is 6.42 Å². The number of amides is 2.